The minimum absolute atomic E-state index is 0.0680. The molecule has 9 aromatic rings. The summed E-state index contributed by atoms with van der Waals surface area (Å²) in [5, 5.41) is 6.86. The van der Waals surface area contributed by atoms with E-state index in [2.05, 4.69) is 133 Å². The number of rotatable bonds is 4. The van der Waals surface area contributed by atoms with Crippen molar-refractivity contribution in [3.05, 3.63) is 175 Å². The summed E-state index contributed by atoms with van der Waals surface area (Å²) in [6, 6.07) is 50.5. The topological polar surface area (TPSA) is 61.0 Å². The van der Waals surface area contributed by atoms with E-state index in [1.54, 1.807) is 0 Å². The highest BCUT2D eigenvalue weighted by molar-refractivity contribution is 6.13. The Hall–Kier alpha value is -6.85. The third-order valence-electron chi connectivity index (χ3n) is 10.5. The van der Waals surface area contributed by atoms with Gasteiger partial charge in [0.15, 0.2) is 17.5 Å². The van der Waals surface area contributed by atoms with Gasteiger partial charge in [-0.05, 0) is 69.1 Å². The fourth-order valence-electron chi connectivity index (χ4n) is 8.03. The number of allylic oxidation sites excluding steroid dienone is 2. The summed E-state index contributed by atoms with van der Waals surface area (Å²) < 4.78 is 12.8. The second kappa shape index (κ2) is 11.3. The predicted octanol–water partition coefficient (Wildman–Crippen LogP) is 11.6. The molecule has 0 fully saturated rings. The Bertz CT molecular complexity index is 2960. The van der Waals surface area contributed by atoms with Gasteiger partial charge in [0.1, 0.15) is 23.0 Å². The van der Waals surface area contributed by atoms with Gasteiger partial charge in [-0.25, -0.2) is 15.0 Å². The lowest BCUT2D eigenvalue weighted by Crippen LogP contribution is -2.20. The van der Waals surface area contributed by atoms with Gasteiger partial charge >= 0.3 is 0 Å². The van der Waals surface area contributed by atoms with E-state index < -0.39 is 0 Å². The number of ether oxygens (including phenoxy) is 1. The lowest BCUT2D eigenvalue weighted by atomic mass is 9.83. The molecule has 0 radical (unpaired) electrons. The van der Waals surface area contributed by atoms with Crippen LogP contribution < -0.4 is 4.74 Å². The van der Waals surface area contributed by atoms with Crippen molar-refractivity contribution in [2.75, 3.05) is 0 Å². The summed E-state index contributed by atoms with van der Waals surface area (Å²) in [6.07, 6.45) is 6.16. The second-order valence-electron chi connectivity index (χ2n) is 13.5. The minimum Gasteiger partial charge on any atom is -0.485 e. The van der Waals surface area contributed by atoms with Crippen LogP contribution in [0, 0.1) is 0 Å². The average Bonchev–Trinajstić information content (AvgIpc) is 3.78. The predicted molar refractivity (Wildman–Crippen MR) is 209 cm³/mol. The van der Waals surface area contributed by atoms with Gasteiger partial charge in [0.2, 0.25) is 0 Å². The van der Waals surface area contributed by atoms with Gasteiger partial charge in [0.05, 0.1) is 5.92 Å². The van der Waals surface area contributed by atoms with Crippen molar-refractivity contribution in [3.8, 4) is 39.7 Å². The molecule has 5 heteroatoms. The molecule has 2 aliphatic rings. The second-order valence-corrected chi connectivity index (χ2v) is 13.5. The molecule has 52 heavy (non-hydrogen) atoms. The molecular weight excluding hydrogens is 639 g/mol. The van der Waals surface area contributed by atoms with E-state index in [9.17, 15) is 0 Å². The molecule has 2 aromatic heterocycles. The molecule has 0 amide bonds. The molecule has 2 atom stereocenters. The Balaban J connectivity index is 1.04. The Morgan fingerprint density at radius 2 is 1.17 bits per heavy atom. The molecule has 11 rings (SSSR count). The summed E-state index contributed by atoms with van der Waals surface area (Å²) in [4.78, 5) is 15.6. The summed E-state index contributed by atoms with van der Waals surface area (Å²) in [5.74, 6) is 2.75. The first kappa shape index (κ1) is 28.9. The van der Waals surface area contributed by atoms with Crippen molar-refractivity contribution >= 4 is 49.1 Å². The average molecular weight is 668 g/mol. The number of aromatic nitrogens is 3. The Morgan fingerprint density at radius 1 is 0.481 bits per heavy atom. The molecule has 0 N–H and O–H groups in total. The highest BCUT2D eigenvalue weighted by atomic mass is 16.5. The molecule has 0 bridgehead atoms. The zero-order chi connectivity index (χ0) is 34.2. The molecular formula is C47H29N3O2. The summed E-state index contributed by atoms with van der Waals surface area (Å²) in [5.41, 5.74) is 8.05. The Morgan fingerprint density at radius 3 is 2.08 bits per heavy atom. The first-order valence-electron chi connectivity index (χ1n) is 17.6. The number of hydrogen-bond donors (Lipinski definition) is 0. The van der Waals surface area contributed by atoms with Crippen LogP contribution in [0.2, 0.25) is 0 Å². The normalized spacial score (nSPS) is 16.3. The van der Waals surface area contributed by atoms with E-state index in [1.807, 2.05) is 30.3 Å². The first-order chi connectivity index (χ1) is 25.7. The van der Waals surface area contributed by atoms with Crippen molar-refractivity contribution in [1.82, 2.24) is 15.0 Å². The maximum absolute atomic E-state index is 6.69. The minimum atomic E-state index is -0.174. The lowest BCUT2D eigenvalue weighted by molar-refractivity contribution is 0.271. The molecule has 2 unspecified atom stereocenters. The standard InChI is InChI=1S/C47H29N3O2/c1-2-11-28(12-3-1)45-48-46(50-47(49-45)39-26-31-13-4-5-14-32(31)33-15-6-7-16-34(33)39)37-18-10-20-42-44(37)36-23-21-30(27-43(36)52-42)29-22-24-41-38(25-29)35-17-8-9-19-40(35)51-41/h1-27,42,44H. The van der Waals surface area contributed by atoms with E-state index in [0.29, 0.717) is 17.5 Å². The third kappa shape index (κ3) is 4.53. The van der Waals surface area contributed by atoms with Crippen molar-refractivity contribution in [2.24, 2.45) is 0 Å². The van der Waals surface area contributed by atoms with Crippen LogP contribution in [0.25, 0.3) is 83.0 Å². The zero-order valence-corrected chi connectivity index (χ0v) is 27.9. The number of furan rings is 1. The number of fused-ring (bicyclic) bond motifs is 9. The third-order valence-corrected chi connectivity index (χ3v) is 10.5. The highest BCUT2D eigenvalue weighted by Gasteiger charge is 2.39. The van der Waals surface area contributed by atoms with Gasteiger partial charge < -0.3 is 9.15 Å². The van der Waals surface area contributed by atoms with Crippen molar-refractivity contribution in [3.63, 3.8) is 0 Å². The summed E-state index contributed by atoms with van der Waals surface area (Å²) in [6.45, 7) is 0. The van der Waals surface area contributed by atoms with Crippen LogP contribution in [0.1, 0.15) is 17.3 Å². The maximum atomic E-state index is 6.69. The first-order valence-corrected chi connectivity index (χ1v) is 17.6. The van der Waals surface area contributed by atoms with E-state index in [-0.39, 0.29) is 12.0 Å². The van der Waals surface area contributed by atoms with Gasteiger partial charge in [-0.2, -0.15) is 0 Å². The van der Waals surface area contributed by atoms with Crippen LogP contribution in [0.15, 0.2) is 168 Å². The molecule has 1 aliphatic heterocycles. The number of benzene rings is 7. The highest BCUT2D eigenvalue weighted by Crippen LogP contribution is 2.49. The fourth-order valence-corrected chi connectivity index (χ4v) is 8.03. The number of para-hydroxylation sites is 1. The Labute approximate surface area is 299 Å². The van der Waals surface area contributed by atoms with Crippen LogP contribution in [-0.4, -0.2) is 21.1 Å². The van der Waals surface area contributed by atoms with Crippen LogP contribution >= 0.6 is 0 Å². The molecule has 0 saturated carbocycles. The number of hydrogen-bond acceptors (Lipinski definition) is 5. The van der Waals surface area contributed by atoms with Crippen molar-refractivity contribution in [2.45, 2.75) is 12.0 Å². The largest absolute Gasteiger partial charge is 0.485 e. The molecule has 7 aromatic carbocycles. The lowest BCUT2D eigenvalue weighted by Gasteiger charge is -2.22. The molecule has 244 valence electrons. The SMILES string of the molecule is C1=CC2Oc3cc(-c4ccc5oc6ccccc6c5c4)ccc3C2C(c2nc(-c3ccccc3)nc(-c3cc4ccccc4c4ccccc34)n2)=C1. The molecule has 1 aliphatic carbocycles. The summed E-state index contributed by atoms with van der Waals surface area (Å²) in [7, 11) is 0. The van der Waals surface area contributed by atoms with Crippen LogP contribution in [0.5, 0.6) is 5.75 Å². The fraction of sp³-hybridized carbons (Fsp3) is 0.0426. The van der Waals surface area contributed by atoms with E-state index in [1.165, 1.54) is 10.8 Å². The van der Waals surface area contributed by atoms with Gasteiger partial charge in [-0.1, -0.05) is 127 Å². The molecule has 5 nitrogen and oxygen atoms in total. The van der Waals surface area contributed by atoms with Gasteiger partial charge in [0.25, 0.3) is 0 Å². The van der Waals surface area contributed by atoms with Crippen LogP contribution in [-0.2, 0) is 0 Å². The van der Waals surface area contributed by atoms with Crippen molar-refractivity contribution < 1.29 is 9.15 Å². The maximum Gasteiger partial charge on any atom is 0.164 e. The summed E-state index contributed by atoms with van der Waals surface area (Å²) >= 11 is 0. The monoisotopic (exact) mass is 667 g/mol. The molecule has 0 saturated heterocycles. The zero-order valence-electron chi connectivity index (χ0n) is 27.9. The van der Waals surface area contributed by atoms with E-state index >= 15 is 0 Å². The molecule has 3 heterocycles. The quantitative estimate of drug-likeness (QED) is 0.175. The molecule has 0 spiro atoms. The van der Waals surface area contributed by atoms with Crippen LogP contribution in [0.4, 0.5) is 0 Å². The van der Waals surface area contributed by atoms with Crippen molar-refractivity contribution in [1.29, 1.82) is 0 Å². The smallest absolute Gasteiger partial charge is 0.164 e. The van der Waals surface area contributed by atoms with Gasteiger partial charge in [-0.15, -0.1) is 0 Å². The van der Waals surface area contributed by atoms with E-state index in [4.69, 9.17) is 24.1 Å². The van der Waals surface area contributed by atoms with Crippen LogP contribution in [0.3, 0.4) is 0 Å². The van der Waals surface area contributed by atoms with Gasteiger partial charge in [0, 0.05) is 33.0 Å². The van der Waals surface area contributed by atoms with E-state index in [0.717, 1.165) is 71.9 Å². The Kier molecular flexibility index (Phi) is 6.31. The number of nitrogens with zero attached hydrogens (tertiary/aromatic N) is 3. The van der Waals surface area contributed by atoms with Gasteiger partial charge in [-0.3, -0.25) is 0 Å².